The van der Waals surface area contributed by atoms with Gasteiger partial charge in [-0.05, 0) is 89.5 Å². The smallest absolute Gasteiger partial charge is 0.0108 e. The Kier molecular flexibility index (Phi) is 5.58. The summed E-state index contributed by atoms with van der Waals surface area (Å²) in [4.78, 5) is 5.58. The van der Waals surface area contributed by atoms with E-state index >= 15 is 0 Å². The highest BCUT2D eigenvalue weighted by atomic mass is 15.2. The van der Waals surface area contributed by atoms with Gasteiger partial charge in [0, 0.05) is 19.1 Å². The summed E-state index contributed by atoms with van der Waals surface area (Å²) in [6.07, 6.45) is 11.3. The molecule has 0 aromatic rings. The summed E-state index contributed by atoms with van der Waals surface area (Å²) in [5.74, 6) is 0. The van der Waals surface area contributed by atoms with E-state index < -0.39 is 0 Å². The molecule has 1 N–H and O–H groups in total. The SMILES string of the molecule is CCCN1CCCC(N2CCCC3(CCCNC3)C2)CC1. The van der Waals surface area contributed by atoms with Gasteiger partial charge in [0.2, 0.25) is 0 Å². The van der Waals surface area contributed by atoms with Crippen molar-refractivity contribution >= 4 is 0 Å². The lowest BCUT2D eigenvalue weighted by Crippen LogP contribution is -2.53. The highest BCUT2D eigenvalue weighted by Crippen LogP contribution is 2.37. The number of likely N-dealkylation sites (tertiary alicyclic amines) is 2. The summed E-state index contributed by atoms with van der Waals surface area (Å²) in [5.41, 5.74) is 0.617. The third kappa shape index (κ3) is 4.00. The molecule has 0 saturated carbocycles. The van der Waals surface area contributed by atoms with Crippen LogP contribution in [-0.2, 0) is 0 Å². The summed E-state index contributed by atoms with van der Waals surface area (Å²) in [6.45, 7) is 11.5. The van der Waals surface area contributed by atoms with Crippen LogP contribution in [-0.4, -0.2) is 61.7 Å². The summed E-state index contributed by atoms with van der Waals surface area (Å²) in [6, 6.07) is 0.867. The van der Waals surface area contributed by atoms with Crippen LogP contribution in [0.3, 0.4) is 0 Å². The normalized spacial score (nSPS) is 36.7. The predicted octanol–water partition coefficient (Wildman–Crippen LogP) is 2.72. The van der Waals surface area contributed by atoms with Gasteiger partial charge in [0.25, 0.3) is 0 Å². The lowest BCUT2D eigenvalue weighted by molar-refractivity contribution is 0.0331. The maximum absolute atomic E-state index is 3.67. The maximum Gasteiger partial charge on any atom is 0.0108 e. The van der Waals surface area contributed by atoms with Gasteiger partial charge in [-0.1, -0.05) is 6.92 Å². The Balaban J connectivity index is 1.55. The van der Waals surface area contributed by atoms with Gasteiger partial charge in [0.1, 0.15) is 0 Å². The number of piperidine rings is 2. The molecule has 0 bridgehead atoms. The van der Waals surface area contributed by atoms with E-state index in [1.807, 2.05) is 0 Å². The van der Waals surface area contributed by atoms with E-state index in [9.17, 15) is 0 Å². The van der Waals surface area contributed by atoms with E-state index in [0.29, 0.717) is 5.41 Å². The minimum atomic E-state index is 0.617. The zero-order chi connectivity index (χ0) is 14.5. The zero-order valence-electron chi connectivity index (χ0n) is 14.1. The van der Waals surface area contributed by atoms with Crippen molar-refractivity contribution in [1.82, 2.24) is 15.1 Å². The Labute approximate surface area is 131 Å². The van der Waals surface area contributed by atoms with Crippen LogP contribution in [0.15, 0.2) is 0 Å². The van der Waals surface area contributed by atoms with E-state index in [1.165, 1.54) is 97.2 Å². The van der Waals surface area contributed by atoms with Crippen LogP contribution in [0.5, 0.6) is 0 Å². The van der Waals surface area contributed by atoms with Gasteiger partial charge in [-0.2, -0.15) is 0 Å². The minimum absolute atomic E-state index is 0.617. The van der Waals surface area contributed by atoms with Gasteiger partial charge in [-0.3, -0.25) is 4.90 Å². The first-order valence-corrected chi connectivity index (χ1v) is 9.48. The summed E-state index contributed by atoms with van der Waals surface area (Å²) >= 11 is 0. The molecular weight excluding hydrogens is 258 g/mol. The molecule has 122 valence electrons. The number of hydrogen-bond acceptors (Lipinski definition) is 3. The van der Waals surface area contributed by atoms with Crippen molar-refractivity contribution in [3.8, 4) is 0 Å². The van der Waals surface area contributed by atoms with Crippen LogP contribution < -0.4 is 5.32 Å². The fraction of sp³-hybridized carbons (Fsp3) is 1.00. The minimum Gasteiger partial charge on any atom is -0.316 e. The molecule has 3 nitrogen and oxygen atoms in total. The van der Waals surface area contributed by atoms with Gasteiger partial charge < -0.3 is 10.2 Å². The number of nitrogens with zero attached hydrogens (tertiary/aromatic N) is 2. The Morgan fingerprint density at radius 1 is 1.05 bits per heavy atom. The fourth-order valence-corrected chi connectivity index (χ4v) is 4.98. The molecule has 2 atom stereocenters. The second-order valence-electron chi connectivity index (χ2n) is 7.78. The molecule has 3 heteroatoms. The lowest BCUT2D eigenvalue weighted by Gasteiger charge is -2.48. The number of rotatable bonds is 3. The monoisotopic (exact) mass is 293 g/mol. The number of nitrogens with one attached hydrogen (secondary N) is 1. The van der Waals surface area contributed by atoms with Crippen molar-refractivity contribution in [3.63, 3.8) is 0 Å². The summed E-state index contributed by atoms with van der Waals surface area (Å²) in [7, 11) is 0. The average Bonchev–Trinajstić information content (AvgIpc) is 2.74. The molecule has 21 heavy (non-hydrogen) atoms. The third-order valence-electron chi connectivity index (χ3n) is 6.10. The van der Waals surface area contributed by atoms with Gasteiger partial charge in [0.05, 0.1) is 0 Å². The maximum atomic E-state index is 3.67. The Bertz CT molecular complexity index is 306. The molecule has 3 aliphatic heterocycles. The summed E-state index contributed by atoms with van der Waals surface area (Å²) in [5, 5.41) is 3.67. The molecule has 3 saturated heterocycles. The molecule has 2 unspecified atom stereocenters. The van der Waals surface area contributed by atoms with Gasteiger partial charge >= 0.3 is 0 Å². The first-order chi connectivity index (χ1) is 10.3. The van der Waals surface area contributed by atoms with Gasteiger partial charge in [-0.25, -0.2) is 0 Å². The summed E-state index contributed by atoms with van der Waals surface area (Å²) < 4.78 is 0. The Hall–Kier alpha value is -0.120. The van der Waals surface area contributed by atoms with Crippen molar-refractivity contribution in [2.45, 2.75) is 64.3 Å². The van der Waals surface area contributed by atoms with Gasteiger partial charge in [0.15, 0.2) is 0 Å². The van der Waals surface area contributed by atoms with Crippen molar-refractivity contribution < 1.29 is 0 Å². The van der Waals surface area contributed by atoms with E-state index in [4.69, 9.17) is 0 Å². The highest BCUT2D eigenvalue weighted by molar-refractivity contribution is 4.93. The molecule has 0 radical (unpaired) electrons. The van der Waals surface area contributed by atoms with Crippen molar-refractivity contribution in [2.75, 3.05) is 45.8 Å². The second-order valence-corrected chi connectivity index (χ2v) is 7.78. The van der Waals surface area contributed by atoms with Crippen molar-refractivity contribution in [1.29, 1.82) is 0 Å². The topological polar surface area (TPSA) is 18.5 Å². The van der Waals surface area contributed by atoms with Crippen LogP contribution in [0.25, 0.3) is 0 Å². The Morgan fingerprint density at radius 2 is 1.95 bits per heavy atom. The van der Waals surface area contributed by atoms with Crippen LogP contribution in [0.1, 0.15) is 58.3 Å². The third-order valence-corrected chi connectivity index (χ3v) is 6.10. The number of hydrogen-bond donors (Lipinski definition) is 1. The van der Waals surface area contributed by atoms with E-state index in [1.54, 1.807) is 0 Å². The van der Waals surface area contributed by atoms with Crippen LogP contribution in [0, 0.1) is 5.41 Å². The average molecular weight is 293 g/mol. The zero-order valence-corrected chi connectivity index (χ0v) is 14.1. The molecule has 3 fully saturated rings. The molecule has 0 aromatic carbocycles. The van der Waals surface area contributed by atoms with Gasteiger partial charge in [-0.15, -0.1) is 0 Å². The molecule has 1 spiro atoms. The van der Waals surface area contributed by atoms with Crippen LogP contribution in [0.2, 0.25) is 0 Å². The highest BCUT2D eigenvalue weighted by Gasteiger charge is 2.38. The molecule has 3 aliphatic rings. The lowest BCUT2D eigenvalue weighted by atomic mass is 9.74. The second kappa shape index (κ2) is 7.43. The molecule has 3 rings (SSSR count). The molecule has 0 amide bonds. The largest absolute Gasteiger partial charge is 0.316 e. The van der Waals surface area contributed by atoms with Crippen molar-refractivity contribution in [3.05, 3.63) is 0 Å². The first kappa shape index (κ1) is 15.8. The standard InChI is InChI=1S/C18H35N3/c1-2-11-20-12-3-6-17(7-14-20)21-13-5-9-18(16-21)8-4-10-19-15-18/h17,19H,2-16H2,1H3. The van der Waals surface area contributed by atoms with Crippen LogP contribution >= 0.6 is 0 Å². The van der Waals surface area contributed by atoms with Crippen LogP contribution in [0.4, 0.5) is 0 Å². The van der Waals surface area contributed by atoms with E-state index in [2.05, 4.69) is 22.0 Å². The predicted molar refractivity (Wildman–Crippen MR) is 89.7 cm³/mol. The van der Waals surface area contributed by atoms with Crippen molar-refractivity contribution in [2.24, 2.45) is 5.41 Å². The van der Waals surface area contributed by atoms with E-state index in [0.717, 1.165) is 6.04 Å². The molecule has 0 aromatic heterocycles. The fourth-order valence-electron chi connectivity index (χ4n) is 4.98. The Morgan fingerprint density at radius 3 is 2.76 bits per heavy atom. The molecule has 0 aliphatic carbocycles. The quantitative estimate of drug-likeness (QED) is 0.863. The molecule has 3 heterocycles. The molecular formula is C18H35N3. The van der Waals surface area contributed by atoms with E-state index in [-0.39, 0.29) is 0 Å². The first-order valence-electron chi connectivity index (χ1n) is 9.48.